The standard InChI is InChI=1S/C28H38N2O3/c1-27-13-6-9-22(27)20-10-11-24-28(2,23(20)12-14-27)16-21(26(32)30(24)3)25(31)29-17-18-7-5-8-19(15-18)33-4/h5,7-8,15-16,20,22-24H,6,9-14,17H2,1-4H3,(H,29,31)/t20-,22-,23+,24?,27-,28+/m0/s1. The van der Waals surface area contributed by atoms with E-state index in [1.165, 1.54) is 38.5 Å². The van der Waals surface area contributed by atoms with Crippen LogP contribution in [0.4, 0.5) is 0 Å². The summed E-state index contributed by atoms with van der Waals surface area (Å²) in [6.07, 6.45) is 10.9. The summed E-state index contributed by atoms with van der Waals surface area (Å²) in [6.45, 7) is 5.21. The summed E-state index contributed by atoms with van der Waals surface area (Å²) in [5.74, 6) is 2.42. The number of nitrogens with one attached hydrogen (secondary N) is 1. The van der Waals surface area contributed by atoms with Crippen molar-refractivity contribution in [2.24, 2.45) is 28.6 Å². The number of nitrogens with zero attached hydrogens (tertiary/aromatic N) is 1. The second-order valence-corrected chi connectivity index (χ2v) is 11.4. The Labute approximate surface area is 197 Å². The van der Waals surface area contributed by atoms with Gasteiger partial charge in [0, 0.05) is 25.0 Å². The molecule has 5 rings (SSSR count). The molecule has 2 amide bonds. The molecule has 4 aliphatic rings. The zero-order valence-corrected chi connectivity index (χ0v) is 20.5. The lowest BCUT2D eigenvalue weighted by Gasteiger charge is -2.60. The third kappa shape index (κ3) is 3.59. The molecule has 5 nitrogen and oxygen atoms in total. The maximum atomic E-state index is 13.2. The first-order valence-corrected chi connectivity index (χ1v) is 12.7. The average molecular weight is 451 g/mol. The number of carbonyl (C=O) groups is 2. The Morgan fingerprint density at radius 2 is 1.97 bits per heavy atom. The number of likely N-dealkylation sites (N-methyl/N-ethyl adjacent to an activating group) is 1. The van der Waals surface area contributed by atoms with Gasteiger partial charge in [-0.15, -0.1) is 0 Å². The van der Waals surface area contributed by atoms with Crippen LogP contribution < -0.4 is 10.1 Å². The average Bonchev–Trinajstić information content (AvgIpc) is 3.22. The van der Waals surface area contributed by atoms with Crippen LogP contribution in [0.3, 0.4) is 0 Å². The fourth-order valence-corrected chi connectivity index (χ4v) is 8.10. The molecule has 0 radical (unpaired) electrons. The summed E-state index contributed by atoms with van der Waals surface area (Å²) in [5, 5.41) is 2.99. The summed E-state index contributed by atoms with van der Waals surface area (Å²) in [7, 11) is 3.53. The molecule has 5 heteroatoms. The van der Waals surface area contributed by atoms with Crippen molar-refractivity contribution in [2.75, 3.05) is 14.2 Å². The van der Waals surface area contributed by atoms with Crippen LogP contribution in [0.5, 0.6) is 5.75 Å². The second-order valence-electron chi connectivity index (χ2n) is 11.4. The van der Waals surface area contributed by atoms with Crippen molar-refractivity contribution in [2.45, 2.75) is 71.4 Å². The molecular formula is C28H38N2O3. The molecular weight excluding hydrogens is 412 g/mol. The highest BCUT2D eigenvalue weighted by molar-refractivity contribution is 6.19. The van der Waals surface area contributed by atoms with Gasteiger partial charge in [0.1, 0.15) is 11.3 Å². The van der Waals surface area contributed by atoms with Crippen LogP contribution >= 0.6 is 0 Å². The number of benzene rings is 1. The number of amides is 2. The first kappa shape index (κ1) is 22.5. The van der Waals surface area contributed by atoms with E-state index in [1.54, 1.807) is 7.11 Å². The Balaban J connectivity index is 1.40. The number of rotatable bonds is 4. The molecule has 1 unspecified atom stereocenters. The van der Waals surface area contributed by atoms with Crippen LogP contribution in [-0.2, 0) is 16.1 Å². The minimum absolute atomic E-state index is 0.138. The van der Waals surface area contributed by atoms with E-state index in [-0.39, 0.29) is 23.3 Å². The molecule has 0 spiro atoms. The van der Waals surface area contributed by atoms with Gasteiger partial charge in [-0.3, -0.25) is 9.59 Å². The molecule has 33 heavy (non-hydrogen) atoms. The van der Waals surface area contributed by atoms with Crippen LogP contribution in [-0.4, -0.2) is 36.9 Å². The smallest absolute Gasteiger partial charge is 0.259 e. The maximum absolute atomic E-state index is 13.2. The molecule has 1 N–H and O–H groups in total. The molecule has 1 aliphatic heterocycles. The van der Waals surface area contributed by atoms with Crippen molar-refractivity contribution < 1.29 is 14.3 Å². The zero-order valence-electron chi connectivity index (χ0n) is 20.5. The number of methoxy groups -OCH3 is 1. The quantitative estimate of drug-likeness (QED) is 0.676. The van der Waals surface area contributed by atoms with Crippen molar-refractivity contribution in [3.8, 4) is 5.75 Å². The summed E-state index contributed by atoms with van der Waals surface area (Å²) in [5.41, 5.74) is 1.63. The van der Waals surface area contributed by atoms with Gasteiger partial charge in [0.15, 0.2) is 0 Å². The lowest BCUT2D eigenvalue weighted by molar-refractivity contribution is -0.141. The molecule has 1 aromatic carbocycles. The van der Waals surface area contributed by atoms with E-state index in [2.05, 4.69) is 25.2 Å². The Morgan fingerprint density at radius 3 is 2.76 bits per heavy atom. The molecule has 0 bridgehead atoms. The number of hydrogen-bond acceptors (Lipinski definition) is 3. The van der Waals surface area contributed by atoms with Gasteiger partial charge in [0.2, 0.25) is 0 Å². The fraction of sp³-hybridized carbons (Fsp3) is 0.643. The van der Waals surface area contributed by atoms with Gasteiger partial charge in [0.05, 0.1) is 7.11 Å². The first-order chi connectivity index (χ1) is 15.8. The highest BCUT2D eigenvalue weighted by Crippen LogP contribution is 2.64. The van der Waals surface area contributed by atoms with Gasteiger partial charge in [-0.2, -0.15) is 0 Å². The zero-order chi connectivity index (χ0) is 23.4. The van der Waals surface area contributed by atoms with Crippen LogP contribution in [0.25, 0.3) is 0 Å². The normalized spacial score (nSPS) is 37.5. The highest BCUT2D eigenvalue weighted by Gasteiger charge is 2.59. The Kier molecular flexibility index (Phi) is 5.57. The molecule has 1 heterocycles. The lowest BCUT2D eigenvalue weighted by Crippen LogP contribution is -2.61. The van der Waals surface area contributed by atoms with Crippen molar-refractivity contribution in [1.29, 1.82) is 0 Å². The van der Waals surface area contributed by atoms with E-state index < -0.39 is 0 Å². The number of ether oxygens (including phenoxy) is 1. The van der Waals surface area contributed by atoms with Gasteiger partial charge in [0.25, 0.3) is 11.8 Å². The fourth-order valence-electron chi connectivity index (χ4n) is 8.10. The third-order valence-electron chi connectivity index (χ3n) is 9.81. The highest BCUT2D eigenvalue weighted by atomic mass is 16.5. The summed E-state index contributed by atoms with van der Waals surface area (Å²) in [4.78, 5) is 28.4. The molecule has 178 valence electrons. The predicted molar refractivity (Wildman–Crippen MR) is 128 cm³/mol. The second kappa shape index (κ2) is 8.18. The predicted octanol–water partition coefficient (Wildman–Crippen LogP) is 4.71. The molecule has 0 saturated heterocycles. The van der Waals surface area contributed by atoms with E-state index in [0.717, 1.165) is 23.7 Å². The topological polar surface area (TPSA) is 58.6 Å². The van der Waals surface area contributed by atoms with E-state index in [0.29, 0.717) is 29.4 Å². The van der Waals surface area contributed by atoms with Gasteiger partial charge in [-0.05, 0) is 79.4 Å². The summed E-state index contributed by atoms with van der Waals surface area (Å²) < 4.78 is 5.28. The lowest BCUT2D eigenvalue weighted by atomic mass is 9.48. The van der Waals surface area contributed by atoms with Crippen molar-refractivity contribution >= 4 is 11.8 Å². The molecule has 3 aliphatic carbocycles. The van der Waals surface area contributed by atoms with E-state index in [1.807, 2.05) is 36.2 Å². The van der Waals surface area contributed by atoms with Gasteiger partial charge in [-0.1, -0.05) is 38.5 Å². The molecule has 1 aromatic rings. The Morgan fingerprint density at radius 1 is 1.15 bits per heavy atom. The first-order valence-electron chi connectivity index (χ1n) is 12.7. The Hall–Kier alpha value is -2.30. The maximum Gasteiger partial charge on any atom is 0.259 e. The van der Waals surface area contributed by atoms with E-state index in [4.69, 9.17) is 4.74 Å². The summed E-state index contributed by atoms with van der Waals surface area (Å²) >= 11 is 0. The Bertz CT molecular complexity index is 987. The number of carbonyl (C=O) groups excluding carboxylic acids is 2. The van der Waals surface area contributed by atoms with Gasteiger partial charge in [-0.25, -0.2) is 0 Å². The van der Waals surface area contributed by atoms with Crippen LogP contribution in [0.2, 0.25) is 0 Å². The minimum atomic E-state index is -0.266. The molecule has 3 saturated carbocycles. The molecule has 3 fully saturated rings. The van der Waals surface area contributed by atoms with Crippen LogP contribution in [0.1, 0.15) is 64.4 Å². The summed E-state index contributed by atoms with van der Waals surface area (Å²) in [6, 6.07) is 7.84. The largest absolute Gasteiger partial charge is 0.497 e. The van der Waals surface area contributed by atoms with E-state index >= 15 is 0 Å². The van der Waals surface area contributed by atoms with Crippen molar-refractivity contribution in [3.63, 3.8) is 0 Å². The van der Waals surface area contributed by atoms with Gasteiger partial charge >= 0.3 is 0 Å². The SMILES string of the molecule is COc1cccc(CNC(=O)C2=C[C@@]3(C)C(CC[C@@H]4[C@H]3CC[C@]3(C)CCC[C@@H]43)N(C)C2=O)c1. The van der Waals surface area contributed by atoms with Crippen molar-refractivity contribution in [3.05, 3.63) is 41.5 Å². The number of fused-ring (bicyclic) bond motifs is 5. The third-order valence-corrected chi connectivity index (χ3v) is 9.81. The molecule has 6 atom stereocenters. The molecule has 0 aromatic heterocycles. The van der Waals surface area contributed by atoms with Crippen LogP contribution in [0, 0.1) is 28.6 Å². The van der Waals surface area contributed by atoms with Gasteiger partial charge < -0.3 is 15.0 Å². The monoisotopic (exact) mass is 450 g/mol. The minimum Gasteiger partial charge on any atom is -0.497 e. The van der Waals surface area contributed by atoms with Crippen molar-refractivity contribution in [1.82, 2.24) is 10.2 Å². The van der Waals surface area contributed by atoms with Crippen LogP contribution in [0.15, 0.2) is 35.9 Å². The number of hydrogen-bond donors (Lipinski definition) is 1. The van der Waals surface area contributed by atoms with E-state index in [9.17, 15) is 9.59 Å².